The second kappa shape index (κ2) is 7.53. The van der Waals surface area contributed by atoms with Gasteiger partial charge in [0.1, 0.15) is 0 Å². The van der Waals surface area contributed by atoms with Gasteiger partial charge in [0.15, 0.2) is 0 Å². The summed E-state index contributed by atoms with van der Waals surface area (Å²) in [5, 5.41) is 3.72. The van der Waals surface area contributed by atoms with Crippen LogP contribution in [-0.4, -0.2) is 48.6 Å². The smallest absolute Gasteiger partial charge is 0.0337 e. The molecule has 1 aliphatic rings. The first-order valence-electron chi connectivity index (χ1n) is 6.31. The Balaban J connectivity index is 2.44. The van der Waals surface area contributed by atoms with E-state index in [0.29, 0.717) is 6.04 Å². The molecule has 2 atom stereocenters. The molecule has 0 spiro atoms. The van der Waals surface area contributed by atoms with Crippen molar-refractivity contribution >= 4 is 11.8 Å². The molecule has 0 aromatic heterocycles. The first kappa shape index (κ1) is 13.3. The highest BCUT2D eigenvalue weighted by molar-refractivity contribution is 7.99. The molecule has 1 saturated heterocycles. The van der Waals surface area contributed by atoms with Crippen molar-refractivity contribution < 1.29 is 0 Å². The largest absolute Gasteiger partial charge is 0.312 e. The number of hydrogen-bond donors (Lipinski definition) is 1. The van der Waals surface area contributed by atoms with Crippen LogP contribution in [-0.2, 0) is 0 Å². The van der Waals surface area contributed by atoms with Gasteiger partial charge in [0.25, 0.3) is 0 Å². The normalized spacial score (nSPS) is 25.4. The number of thioether (sulfide) groups is 1. The average molecular weight is 230 g/mol. The van der Waals surface area contributed by atoms with E-state index < -0.39 is 0 Å². The lowest BCUT2D eigenvalue weighted by Crippen LogP contribution is -2.52. The summed E-state index contributed by atoms with van der Waals surface area (Å²) in [6.45, 7) is 6.95. The van der Waals surface area contributed by atoms with Gasteiger partial charge < -0.3 is 10.2 Å². The maximum Gasteiger partial charge on any atom is 0.0337 e. The van der Waals surface area contributed by atoms with Crippen LogP contribution >= 0.6 is 11.8 Å². The zero-order valence-electron chi connectivity index (χ0n) is 10.5. The van der Waals surface area contributed by atoms with Crippen LogP contribution < -0.4 is 5.32 Å². The number of likely N-dealkylation sites (N-methyl/N-ethyl adjacent to an activating group) is 1. The minimum absolute atomic E-state index is 0.702. The lowest BCUT2D eigenvalue weighted by Gasteiger charge is -2.38. The summed E-state index contributed by atoms with van der Waals surface area (Å²) in [4.78, 5) is 2.54. The summed E-state index contributed by atoms with van der Waals surface area (Å²) in [5.41, 5.74) is 0. The van der Waals surface area contributed by atoms with Gasteiger partial charge in [-0.2, -0.15) is 11.8 Å². The Morgan fingerprint density at radius 3 is 2.80 bits per heavy atom. The van der Waals surface area contributed by atoms with Crippen molar-refractivity contribution in [3.05, 3.63) is 0 Å². The Labute approximate surface area is 99.2 Å². The van der Waals surface area contributed by atoms with E-state index in [0.717, 1.165) is 6.04 Å². The third kappa shape index (κ3) is 4.33. The molecule has 1 N–H and O–H groups in total. The third-order valence-corrected chi connectivity index (χ3v) is 4.21. The van der Waals surface area contributed by atoms with Gasteiger partial charge in [-0.15, -0.1) is 0 Å². The van der Waals surface area contributed by atoms with Crippen molar-refractivity contribution in [3.8, 4) is 0 Å². The van der Waals surface area contributed by atoms with Crippen molar-refractivity contribution in [1.82, 2.24) is 10.2 Å². The Hall–Kier alpha value is 0.270. The fourth-order valence-electron chi connectivity index (χ4n) is 2.20. The van der Waals surface area contributed by atoms with Gasteiger partial charge in [-0.05, 0) is 26.4 Å². The Morgan fingerprint density at radius 2 is 2.20 bits per heavy atom. The Morgan fingerprint density at radius 1 is 1.40 bits per heavy atom. The Kier molecular flexibility index (Phi) is 6.69. The number of nitrogens with zero attached hydrogens (tertiary/aromatic N) is 1. The van der Waals surface area contributed by atoms with Gasteiger partial charge in [0, 0.05) is 30.1 Å². The van der Waals surface area contributed by atoms with Crippen molar-refractivity contribution in [2.45, 2.75) is 45.2 Å². The molecule has 90 valence electrons. The van der Waals surface area contributed by atoms with Gasteiger partial charge in [0.05, 0.1) is 0 Å². The van der Waals surface area contributed by atoms with Crippen LogP contribution in [0, 0.1) is 0 Å². The highest BCUT2D eigenvalue weighted by Gasteiger charge is 2.26. The fraction of sp³-hybridized carbons (Fsp3) is 1.00. The van der Waals surface area contributed by atoms with E-state index in [1.165, 1.54) is 43.9 Å². The number of rotatable bonds is 6. The molecule has 0 aromatic rings. The lowest BCUT2D eigenvalue weighted by atomic mass is 10.0. The van der Waals surface area contributed by atoms with E-state index in [1.807, 2.05) is 0 Å². The zero-order chi connectivity index (χ0) is 11.1. The minimum atomic E-state index is 0.702. The lowest BCUT2D eigenvalue weighted by molar-refractivity contribution is 0.207. The fourth-order valence-corrected chi connectivity index (χ4v) is 3.51. The molecule has 1 heterocycles. The third-order valence-electron chi connectivity index (χ3n) is 3.16. The molecule has 2 unspecified atom stereocenters. The van der Waals surface area contributed by atoms with Gasteiger partial charge in [-0.1, -0.05) is 20.3 Å². The molecule has 0 aliphatic carbocycles. The summed E-state index contributed by atoms with van der Waals surface area (Å²) < 4.78 is 0. The number of hydrogen-bond acceptors (Lipinski definition) is 3. The minimum Gasteiger partial charge on any atom is -0.312 e. The topological polar surface area (TPSA) is 15.3 Å². The van der Waals surface area contributed by atoms with E-state index in [2.05, 4.69) is 42.9 Å². The number of nitrogens with one attached hydrogen (secondary N) is 1. The molecule has 0 aromatic carbocycles. The van der Waals surface area contributed by atoms with E-state index in [9.17, 15) is 0 Å². The molecule has 15 heavy (non-hydrogen) atoms. The van der Waals surface area contributed by atoms with Crippen LogP contribution in [0.5, 0.6) is 0 Å². The molecule has 0 saturated carbocycles. The molecule has 3 heteroatoms. The second-order valence-electron chi connectivity index (χ2n) is 4.47. The van der Waals surface area contributed by atoms with Gasteiger partial charge in [0.2, 0.25) is 0 Å². The maximum atomic E-state index is 3.72. The van der Waals surface area contributed by atoms with Crippen LogP contribution in [0.1, 0.15) is 33.1 Å². The molecule has 1 aliphatic heterocycles. The van der Waals surface area contributed by atoms with E-state index in [-0.39, 0.29) is 0 Å². The first-order chi connectivity index (χ1) is 7.29. The van der Waals surface area contributed by atoms with E-state index in [1.54, 1.807) is 0 Å². The van der Waals surface area contributed by atoms with E-state index >= 15 is 0 Å². The highest BCUT2D eigenvalue weighted by atomic mass is 32.2. The van der Waals surface area contributed by atoms with Crippen LogP contribution in [0.2, 0.25) is 0 Å². The summed E-state index contributed by atoms with van der Waals surface area (Å²) >= 11 is 2.11. The standard InChI is InChI=1S/C12H26N2S/c1-4-6-11(13-7-5-2)12-10-15-9-8-14(12)3/h11-13H,4-10H2,1-3H3. The zero-order valence-corrected chi connectivity index (χ0v) is 11.3. The van der Waals surface area contributed by atoms with Crippen LogP contribution in [0.4, 0.5) is 0 Å². The first-order valence-corrected chi connectivity index (χ1v) is 7.46. The quantitative estimate of drug-likeness (QED) is 0.753. The predicted molar refractivity (Wildman–Crippen MR) is 70.7 cm³/mol. The van der Waals surface area contributed by atoms with Gasteiger partial charge >= 0.3 is 0 Å². The monoisotopic (exact) mass is 230 g/mol. The molecule has 1 fully saturated rings. The molecule has 0 amide bonds. The van der Waals surface area contributed by atoms with E-state index in [4.69, 9.17) is 0 Å². The molecule has 0 radical (unpaired) electrons. The molecule has 0 bridgehead atoms. The van der Waals surface area contributed by atoms with Gasteiger partial charge in [-0.25, -0.2) is 0 Å². The van der Waals surface area contributed by atoms with Crippen molar-refractivity contribution in [1.29, 1.82) is 0 Å². The summed E-state index contributed by atoms with van der Waals surface area (Å²) in [5.74, 6) is 2.61. The molecule has 2 nitrogen and oxygen atoms in total. The Bertz CT molecular complexity index is 164. The van der Waals surface area contributed by atoms with Crippen molar-refractivity contribution in [2.24, 2.45) is 0 Å². The summed E-state index contributed by atoms with van der Waals surface area (Å²) in [6, 6.07) is 1.45. The highest BCUT2D eigenvalue weighted by Crippen LogP contribution is 2.19. The van der Waals surface area contributed by atoms with Crippen molar-refractivity contribution in [3.63, 3.8) is 0 Å². The average Bonchev–Trinajstić information content (AvgIpc) is 2.25. The second-order valence-corrected chi connectivity index (χ2v) is 5.62. The molecular weight excluding hydrogens is 204 g/mol. The SMILES string of the molecule is CCCNC(CCC)C1CSCCN1C. The summed E-state index contributed by atoms with van der Waals surface area (Å²) in [6.07, 6.45) is 3.84. The van der Waals surface area contributed by atoms with Gasteiger partial charge in [-0.3, -0.25) is 0 Å². The van der Waals surface area contributed by atoms with Crippen LogP contribution in [0.25, 0.3) is 0 Å². The van der Waals surface area contributed by atoms with Crippen molar-refractivity contribution in [2.75, 3.05) is 31.6 Å². The summed E-state index contributed by atoms with van der Waals surface area (Å²) in [7, 11) is 2.28. The maximum absolute atomic E-state index is 3.72. The van der Waals surface area contributed by atoms with Crippen LogP contribution in [0.15, 0.2) is 0 Å². The molecular formula is C12H26N2S. The molecule has 1 rings (SSSR count). The predicted octanol–water partition coefficient (Wildman–Crippen LogP) is 2.20. The van der Waals surface area contributed by atoms with Crippen LogP contribution in [0.3, 0.4) is 0 Å².